The molecule has 0 amide bonds. The van der Waals surface area contributed by atoms with E-state index in [-0.39, 0.29) is 28.8 Å². The molecule has 0 spiro atoms. The van der Waals surface area contributed by atoms with Gasteiger partial charge in [-0.1, -0.05) is 26.7 Å². The summed E-state index contributed by atoms with van der Waals surface area (Å²) in [6.07, 6.45) is 5.27. The van der Waals surface area contributed by atoms with Crippen LogP contribution in [0.15, 0.2) is 39.8 Å². The number of carbonyl (C=O) groups excluding carboxylic acids is 1. The van der Waals surface area contributed by atoms with Crippen molar-refractivity contribution in [1.29, 1.82) is 0 Å². The van der Waals surface area contributed by atoms with E-state index in [0.717, 1.165) is 19.3 Å². The Kier molecular flexibility index (Phi) is 6.81. The Hall–Kier alpha value is -2.71. The summed E-state index contributed by atoms with van der Waals surface area (Å²) in [5.74, 6) is 0.732. The van der Waals surface area contributed by atoms with Crippen molar-refractivity contribution in [3.05, 3.63) is 46.6 Å². The van der Waals surface area contributed by atoms with E-state index in [1.807, 2.05) is 6.92 Å². The summed E-state index contributed by atoms with van der Waals surface area (Å²) in [6.45, 7) is 7.68. The molecular formula is C27H35NO7. The zero-order chi connectivity index (χ0) is 25.5. The normalized spacial score (nSPS) is 35.2. The van der Waals surface area contributed by atoms with Crippen molar-refractivity contribution >= 4 is 5.97 Å². The van der Waals surface area contributed by atoms with Crippen LogP contribution in [0.3, 0.4) is 0 Å². The number of rotatable bonds is 1. The monoisotopic (exact) mass is 485 g/mol. The van der Waals surface area contributed by atoms with E-state index in [4.69, 9.17) is 9.15 Å². The number of methoxy groups -OCH3 is 1. The third-order valence-electron chi connectivity index (χ3n) is 8.50. The highest BCUT2D eigenvalue weighted by Gasteiger charge is 2.65. The van der Waals surface area contributed by atoms with Crippen LogP contribution in [0.25, 0.3) is 11.3 Å². The molecule has 0 saturated heterocycles. The third kappa shape index (κ3) is 4.27. The molecule has 2 saturated carbocycles. The first-order valence-corrected chi connectivity index (χ1v) is 12.2. The summed E-state index contributed by atoms with van der Waals surface area (Å²) >= 11 is 0. The topological polar surface area (TPSA) is 119 Å². The van der Waals surface area contributed by atoms with Gasteiger partial charge >= 0.3 is 11.6 Å². The lowest BCUT2D eigenvalue weighted by atomic mass is 9.46. The van der Waals surface area contributed by atoms with Crippen molar-refractivity contribution in [2.24, 2.45) is 23.2 Å². The number of carbonyl (C=O) groups is 1. The smallest absolute Gasteiger partial charge is 0.345 e. The van der Waals surface area contributed by atoms with Gasteiger partial charge in [-0.05, 0) is 49.1 Å². The maximum absolute atomic E-state index is 13.0. The molecule has 8 nitrogen and oxygen atoms in total. The molecule has 0 aromatic carbocycles. The number of fused-ring (bicyclic) bond motifs is 4. The second-order valence-corrected chi connectivity index (χ2v) is 10.6. The highest BCUT2D eigenvalue weighted by atomic mass is 16.5. The summed E-state index contributed by atoms with van der Waals surface area (Å²) in [4.78, 5) is 26.6. The average Bonchev–Trinajstić information content (AvgIpc) is 2.81. The molecule has 2 fully saturated rings. The second kappa shape index (κ2) is 9.39. The number of aromatic nitrogens is 1. The Morgan fingerprint density at radius 2 is 2.00 bits per heavy atom. The van der Waals surface area contributed by atoms with Crippen LogP contribution in [0.4, 0.5) is 0 Å². The predicted octanol–water partition coefficient (Wildman–Crippen LogP) is 3.89. The van der Waals surface area contributed by atoms with Crippen LogP contribution in [0.1, 0.15) is 65.0 Å². The second-order valence-electron chi connectivity index (χ2n) is 10.6. The number of ether oxygens (including phenoxy) is 2. The molecule has 2 aromatic heterocycles. The Morgan fingerprint density at radius 1 is 1.29 bits per heavy atom. The average molecular weight is 486 g/mol. The van der Waals surface area contributed by atoms with E-state index in [1.54, 1.807) is 30.6 Å². The zero-order valence-electron chi connectivity index (χ0n) is 21.0. The summed E-state index contributed by atoms with van der Waals surface area (Å²) in [5.41, 5.74) is -0.978. The van der Waals surface area contributed by atoms with Crippen molar-refractivity contribution < 1.29 is 28.9 Å². The van der Waals surface area contributed by atoms with Gasteiger partial charge in [0.2, 0.25) is 0 Å². The minimum atomic E-state index is -1.05. The molecule has 7 unspecified atom stereocenters. The lowest BCUT2D eigenvalue weighted by Crippen LogP contribution is -2.67. The molecule has 0 radical (unpaired) electrons. The van der Waals surface area contributed by atoms with E-state index in [9.17, 15) is 19.8 Å². The van der Waals surface area contributed by atoms with Crippen LogP contribution in [0.5, 0.6) is 5.75 Å². The molecular weight excluding hydrogens is 450 g/mol. The van der Waals surface area contributed by atoms with E-state index in [0.29, 0.717) is 29.4 Å². The Morgan fingerprint density at radius 3 is 2.63 bits per heavy atom. The number of aliphatic hydroxyl groups excluding tert-OH is 2. The van der Waals surface area contributed by atoms with E-state index < -0.39 is 23.4 Å². The van der Waals surface area contributed by atoms with Crippen LogP contribution in [-0.4, -0.2) is 40.0 Å². The molecule has 7 atom stereocenters. The standard InChI is InChI=1S/C24H29NO5.C3H6O2/c1-13-6-4-8-23(2)15(13)10-18(26)24(3)21(23)20(27)19-17(30-24)11-16(29-22(19)28)14-7-5-9-25-12-14;1-3(4)5-2/h5,7,9,11-13,15,18,20-21,26-27H,4,6,8,10H2,1-3H3;1-2H3. The molecule has 3 heterocycles. The Balaban J connectivity index is 0.000000527. The first-order valence-electron chi connectivity index (χ1n) is 12.2. The fraction of sp³-hybridized carbons (Fsp3) is 0.593. The largest absolute Gasteiger partial charge is 0.484 e. The maximum Gasteiger partial charge on any atom is 0.345 e. The van der Waals surface area contributed by atoms with Gasteiger partial charge < -0.3 is 24.1 Å². The van der Waals surface area contributed by atoms with Crippen molar-refractivity contribution in [1.82, 2.24) is 4.98 Å². The quantitative estimate of drug-likeness (QED) is 0.584. The van der Waals surface area contributed by atoms with Gasteiger partial charge in [0.05, 0.1) is 19.3 Å². The minimum Gasteiger partial charge on any atom is -0.484 e. The lowest BCUT2D eigenvalue weighted by Gasteiger charge is -2.63. The van der Waals surface area contributed by atoms with Gasteiger partial charge in [-0.3, -0.25) is 9.78 Å². The SMILES string of the molecule is CC1CCCC2(C)C1CC(O)C1(C)Oc3cc(-c4cccnc4)oc(=O)c3C(O)C21.COC(C)=O. The summed E-state index contributed by atoms with van der Waals surface area (Å²) in [7, 11) is 1.35. The molecule has 3 aliphatic rings. The van der Waals surface area contributed by atoms with Crippen LogP contribution in [0.2, 0.25) is 0 Å². The first-order chi connectivity index (χ1) is 16.5. The van der Waals surface area contributed by atoms with Gasteiger partial charge in [-0.2, -0.15) is 0 Å². The van der Waals surface area contributed by atoms with E-state index in [1.165, 1.54) is 14.0 Å². The van der Waals surface area contributed by atoms with Crippen LogP contribution >= 0.6 is 0 Å². The Labute approximate surface area is 205 Å². The fourth-order valence-electron chi connectivity index (χ4n) is 6.76. The molecule has 2 aliphatic carbocycles. The first kappa shape index (κ1) is 25.4. The van der Waals surface area contributed by atoms with Crippen LogP contribution in [-0.2, 0) is 9.53 Å². The summed E-state index contributed by atoms with van der Waals surface area (Å²) in [5, 5.41) is 22.7. The molecule has 8 heteroatoms. The number of aliphatic hydroxyl groups is 2. The van der Waals surface area contributed by atoms with Crippen molar-refractivity contribution in [2.75, 3.05) is 7.11 Å². The lowest BCUT2D eigenvalue weighted by molar-refractivity contribution is -0.233. The molecule has 2 aromatic rings. The highest BCUT2D eigenvalue weighted by Crippen LogP contribution is 2.64. The fourth-order valence-corrected chi connectivity index (χ4v) is 6.76. The van der Waals surface area contributed by atoms with Gasteiger partial charge in [-0.15, -0.1) is 0 Å². The minimum absolute atomic E-state index is 0.164. The van der Waals surface area contributed by atoms with Crippen LogP contribution in [0, 0.1) is 23.2 Å². The van der Waals surface area contributed by atoms with Crippen LogP contribution < -0.4 is 10.4 Å². The number of esters is 1. The van der Waals surface area contributed by atoms with Crippen molar-refractivity contribution in [3.8, 4) is 17.1 Å². The summed E-state index contributed by atoms with van der Waals surface area (Å²) < 4.78 is 16.1. The van der Waals surface area contributed by atoms with E-state index in [2.05, 4.69) is 23.6 Å². The number of nitrogens with zero attached hydrogens (tertiary/aromatic N) is 1. The Bertz CT molecular complexity index is 1130. The number of hydrogen-bond acceptors (Lipinski definition) is 8. The van der Waals surface area contributed by atoms with Gasteiger partial charge in [0.1, 0.15) is 22.7 Å². The van der Waals surface area contributed by atoms with Crippen molar-refractivity contribution in [3.63, 3.8) is 0 Å². The molecule has 5 rings (SSSR count). The predicted molar refractivity (Wildman–Crippen MR) is 129 cm³/mol. The van der Waals surface area contributed by atoms with Gasteiger partial charge in [0, 0.05) is 36.9 Å². The van der Waals surface area contributed by atoms with E-state index >= 15 is 0 Å². The molecule has 0 bridgehead atoms. The molecule has 190 valence electrons. The van der Waals surface area contributed by atoms with Gasteiger partial charge in [0.15, 0.2) is 0 Å². The molecule has 2 N–H and O–H groups in total. The molecule has 1 aliphatic heterocycles. The van der Waals surface area contributed by atoms with Crippen molar-refractivity contribution in [2.45, 2.75) is 71.2 Å². The molecule has 35 heavy (non-hydrogen) atoms. The highest BCUT2D eigenvalue weighted by molar-refractivity contribution is 5.65. The summed E-state index contributed by atoms with van der Waals surface area (Å²) in [6, 6.07) is 5.20. The zero-order valence-corrected chi connectivity index (χ0v) is 21.0. The van der Waals surface area contributed by atoms with Gasteiger partial charge in [-0.25, -0.2) is 4.79 Å². The number of pyridine rings is 1. The van der Waals surface area contributed by atoms with Gasteiger partial charge in [0.25, 0.3) is 0 Å². The number of hydrogen-bond donors (Lipinski definition) is 2. The maximum atomic E-state index is 13.0. The third-order valence-corrected chi connectivity index (χ3v) is 8.50.